The highest BCUT2D eigenvalue weighted by Gasteiger charge is 2.38. The topological polar surface area (TPSA) is 103 Å². The van der Waals surface area contributed by atoms with Gasteiger partial charge in [-0.15, -0.1) is 5.10 Å². The van der Waals surface area contributed by atoms with Crippen molar-refractivity contribution in [3.05, 3.63) is 51.2 Å². The zero-order valence-electron chi connectivity index (χ0n) is 15.0. The molecule has 0 saturated carbocycles. The van der Waals surface area contributed by atoms with Gasteiger partial charge in [0.05, 0.1) is 4.92 Å². The van der Waals surface area contributed by atoms with E-state index in [1.54, 1.807) is 16.8 Å². The van der Waals surface area contributed by atoms with Crippen LogP contribution in [0.2, 0.25) is 0 Å². The second kappa shape index (κ2) is 6.80. The number of benzene rings is 1. The summed E-state index contributed by atoms with van der Waals surface area (Å²) in [6.07, 6.45) is 1.26. The van der Waals surface area contributed by atoms with E-state index in [1.165, 1.54) is 23.9 Å². The van der Waals surface area contributed by atoms with Crippen LogP contribution in [0.4, 0.5) is 11.6 Å². The predicted octanol–water partition coefficient (Wildman–Crippen LogP) is 3.57. The highest BCUT2D eigenvalue weighted by molar-refractivity contribution is 7.99. The molecule has 27 heavy (non-hydrogen) atoms. The number of thioether (sulfide) groups is 1. The van der Waals surface area contributed by atoms with Crippen LogP contribution in [0.25, 0.3) is 0 Å². The van der Waals surface area contributed by atoms with Crippen molar-refractivity contribution >= 4 is 29.2 Å². The van der Waals surface area contributed by atoms with E-state index < -0.39 is 11.0 Å². The first-order valence-corrected chi connectivity index (χ1v) is 9.83. The number of anilines is 1. The van der Waals surface area contributed by atoms with Crippen molar-refractivity contribution in [1.29, 1.82) is 0 Å². The zero-order chi connectivity index (χ0) is 19.1. The number of Topliss-reactive ketones (excluding diaryl/α,β-unsaturated/α-hetero) is 1. The Hall–Kier alpha value is -2.68. The SMILES string of the molecule is CCSc1nc2n(n1)[C@H](c1ccc([N+](=O)[O-])cc1)C1=C(C[C@H](C)CC1=O)N2. The zero-order valence-corrected chi connectivity index (χ0v) is 15.8. The third kappa shape index (κ3) is 3.12. The molecule has 1 aliphatic heterocycles. The van der Waals surface area contributed by atoms with Gasteiger partial charge in [0, 0.05) is 29.8 Å². The number of aromatic nitrogens is 3. The van der Waals surface area contributed by atoms with Gasteiger partial charge in [-0.2, -0.15) is 4.98 Å². The molecule has 9 heteroatoms. The summed E-state index contributed by atoms with van der Waals surface area (Å²) >= 11 is 1.53. The second-order valence-electron chi connectivity index (χ2n) is 6.80. The number of ketones is 1. The van der Waals surface area contributed by atoms with Gasteiger partial charge in [-0.25, -0.2) is 4.68 Å². The van der Waals surface area contributed by atoms with Gasteiger partial charge < -0.3 is 5.32 Å². The maximum Gasteiger partial charge on any atom is 0.269 e. The summed E-state index contributed by atoms with van der Waals surface area (Å²) in [6, 6.07) is 5.90. The monoisotopic (exact) mass is 385 g/mol. The molecule has 1 aromatic heterocycles. The Morgan fingerprint density at radius 1 is 1.33 bits per heavy atom. The van der Waals surface area contributed by atoms with Crippen LogP contribution in [0.5, 0.6) is 0 Å². The quantitative estimate of drug-likeness (QED) is 0.487. The smallest absolute Gasteiger partial charge is 0.269 e. The number of nitrogens with one attached hydrogen (secondary N) is 1. The minimum atomic E-state index is -0.429. The molecule has 0 bridgehead atoms. The number of nitro groups is 1. The normalized spacial score (nSPS) is 21.5. The maximum atomic E-state index is 12.9. The number of rotatable bonds is 4. The van der Waals surface area contributed by atoms with Crippen LogP contribution in [0.15, 0.2) is 40.7 Å². The van der Waals surface area contributed by atoms with Gasteiger partial charge in [0.25, 0.3) is 5.69 Å². The van der Waals surface area contributed by atoms with E-state index in [2.05, 4.69) is 22.3 Å². The van der Waals surface area contributed by atoms with Crippen molar-refractivity contribution in [3.8, 4) is 0 Å². The predicted molar refractivity (Wildman–Crippen MR) is 102 cm³/mol. The number of hydrogen-bond donors (Lipinski definition) is 1. The number of non-ortho nitro benzene ring substituents is 1. The lowest BCUT2D eigenvalue weighted by Crippen LogP contribution is -2.33. The fourth-order valence-corrected chi connectivity index (χ4v) is 4.22. The van der Waals surface area contributed by atoms with Crippen molar-refractivity contribution in [2.75, 3.05) is 11.1 Å². The summed E-state index contributed by atoms with van der Waals surface area (Å²) < 4.78 is 1.73. The van der Waals surface area contributed by atoms with Crippen molar-refractivity contribution in [2.24, 2.45) is 5.92 Å². The number of allylic oxidation sites excluding steroid dienone is 2. The van der Waals surface area contributed by atoms with E-state index in [9.17, 15) is 14.9 Å². The van der Waals surface area contributed by atoms with Crippen molar-refractivity contribution in [1.82, 2.24) is 14.8 Å². The van der Waals surface area contributed by atoms with Crippen LogP contribution in [0.1, 0.15) is 38.3 Å². The summed E-state index contributed by atoms with van der Waals surface area (Å²) in [6.45, 7) is 4.09. The highest BCUT2D eigenvalue weighted by atomic mass is 32.2. The molecular formula is C18H19N5O3S. The number of hydrogen-bond acceptors (Lipinski definition) is 7. The first-order valence-electron chi connectivity index (χ1n) is 8.85. The van der Waals surface area contributed by atoms with E-state index in [1.807, 2.05) is 6.92 Å². The number of fused-ring (bicyclic) bond motifs is 1. The first kappa shape index (κ1) is 17.7. The Labute approximate surface area is 160 Å². The molecule has 1 aromatic carbocycles. The molecule has 0 spiro atoms. The van der Waals surface area contributed by atoms with E-state index in [0.29, 0.717) is 23.1 Å². The molecule has 140 valence electrons. The molecule has 0 radical (unpaired) electrons. The van der Waals surface area contributed by atoms with Crippen molar-refractivity contribution in [3.63, 3.8) is 0 Å². The molecule has 2 heterocycles. The molecular weight excluding hydrogens is 366 g/mol. The van der Waals surface area contributed by atoms with E-state index in [0.717, 1.165) is 23.4 Å². The highest BCUT2D eigenvalue weighted by Crippen LogP contribution is 2.42. The molecule has 0 saturated heterocycles. The average Bonchev–Trinajstić information content (AvgIpc) is 3.02. The fourth-order valence-electron chi connectivity index (χ4n) is 3.66. The molecule has 1 aliphatic carbocycles. The molecule has 0 fully saturated rings. The van der Waals surface area contributed by atoms with Gasteiger partial charge in [-0.05, 0) is 35.8 Å². The maximum absolute atomic E-state index is 12.9. The molecule has 8 nitrogen and oxygen atoms in total. The van der Waals surface area contributed by atoms with Crippen LogP contribution < -0.4 is 5.32 Å². The van der Waals surface area contributed by atoms with Gasteiger partial charge >= 0.3 is 0 Å². The van der Waals surface area contributed by atoms with Gasteiger partial charge in [-0.1, -0.05) is 25.6 Å². The minimum absolute atomic E-state index is 0.0199. The molecule has 2 atom stereocenters. The molecule has 2 aliphatic rings. The molecule has 4 rings (SSSR count). The fraction of sp³-hybridized carbons (Fsp3) is 0.389. The van der Waals surface area contributed by atoms with E-state index >= 15 is 0 Å². The molecule has 0 unspecified atom stereocenters. The van der Waals surface area contributed by atoms with Gasteiger partial charge in [-0.3, -0.25) is 14.9 Å². The lowest BCUT2D eigenvalue weighted by Gasteiger charge is -2.34. The number of nitrogens with zero attached hydrogens (tertiary/aromatic N) is 4. The third-order valence-electron chi connectivity index (χ3n) is 4.80. The van der Waals surface area contributed by atoms with E-state index in [4.69, 9.17) is 0 Å². The summed E-state index contributed by atoms with van der Waals surface area (Å²) in [5, 5.41) is 19.5. The summed E-state index contributed by atoms with van der Waals surface area (Å²) in [4.78, 5) is 28.0. The Balaban J connectivity index is 1.84. The van der Waals surface area contributed by atoms with Crippen molar-refractivity contribution < 1.29 is 9.72 Å². The Morgan fingerprint density at radius 3 is 2.74 bits per heavy atom. The van der Waals surface area contributed by atoms with Gasteiger partial charge in [0.1, 0.15) is 6.04 Å². The minimum Gasteiger partial charge on any atom is -0.328 e. The largest absolute Gasteiger partial charge is 0.328 e. The number of carbonyl (C=O) groups excluding carboxylic acids is 1. The standard InChI is InChI=1S/C18H19N5O3S/c1-3-27-18-20-17-19-13-8-10(2)9-14(24)15(13)16(22(17)21-18)11-4-6-12(7-5-11)23(25)26/h4-7,10,16H,3,8-9H2,1-2H3,(H,19,20,21)/t10-,16+/m0/s1. The third-order valence-corrected chi connectivity index (χ3v) is 5.52. The van der Waals surface area contributed by atoms with Gasteiger partial charge in [0.2, 0.25) is 11.1 Å². The van der Waals surface area contributed by atoms with Crippen molar-refractivity contribution in [2.45, 2.75) is 37.9 Å². The summed E-state index contributed by atoms with van der Waals surface area (Å²) in [5.41, 5.74) is 2.38. The van der Waals surface area contributed by atoms with Gasteiger partial charge in [0.15, 0.2) is 5.78 Å². The number of nitro benzene ring substituents is 1. The summed E-state index contributed by atoms with van der Waals surface area (Å²) in [7, 11) is 0. The van der Waals surface area contributed by atoms with E-state index in [-0.39, 0.29) is 17.4 Å². The van der Waals surface area contributed by atoms with Crippen LogP contribution in [0, 0.1) is 16.0 Å². The Morgan fingerprint density at radius 2 is 2.07 bits per heavy atom. The van der Waals surface area contributed by atoms with Crippen LogP contribution >= 0.6 is 11.8 Å². The first-order chi connectivity index (χ1) is 13.0. The molecule has 2 aromatic rings. The lowest BCUT2D eigenvalue weighted by atomic mass is 9.81. The second-order valence-corrected chi connectivity index (χ2v) is 8.03. The molecule has 1 N–H and O–H groups in total. The molecule has 0 amide bonds. The van der Waals surface area contributed by atoms with Crippen LogP contribution in [-0.4, -0.2) is 31.2 Å². The summed E-state index contributed by atoms with van der Waals surface area (Å²) in [5.74, 6) is 1.80. The Bertz CT molecular complexity index is 950. The lowest BCUT2D eigenvalue weighted by molar-refractivity contribution is -0.384. The Kier molecular flexibility index (Phi) is 4.47. The number of carbonyl (C=O) groups is 1. The average molecular weight is 385 g/mol. The van der Waals surface area contributed by atoms with Crippen LogP contribution in [0.3, 0.4) is 0 Å². The van der Waals surface area contributed by atoms with Crippen LogP contribution in [-0.2, 0) is 4.79 Å².